The van der Waals surface area contributed by atoms with Crippen LogP contribution < -0.4 is 5.32 Å². The Morgan fingerprint density at radius 3 is 2.50 bits per heavy atom. The van der Waals surface area contributed by atoms with Crippen molar-refractivity contribution in [3.8, 4) is 0 Å². The van der Waals surface area contributed by atoms with Gasteiger partial charge in [0.05, 0.1) is 10.7 Å². The van der Waals surface area contributed by atoms with Crippen LogP contribution in [0.1, 0.15) is 63.0 Å². The van der Waals surface area contributed by atoms with E-state index < -0.39 is 0 Å². The monoisotopic (exact) mass is 266 g/mol. The third-order valence-corrected chi connectivity index (χ3v) is 4.24. The summed E-state index contributed by atoms with van der Waals surface area (Å²) in [6, 6.07) is 0.772. The van der Waals surface area contributed by atoms with E-state index in [1.165, 1.54) is 28.4 Å². The van der Waals surface area contributed by atoms with Gasteiger partial charge in [-0.25, -0.2) is 4.98 Å². The first-order chi connectivity index (χ1) is 8.36. The van der Waals surface area contributed by atoms with Gasteiger partial charge in [0.25, 0.3) is 0 Å². The van der Waals surface area contributed by atoms with Crippen LogP contribution in [0.15, 0.2) is 0 Å². The van der Waals surface area contributed by atoms with Crippen LogP contribution >= 0.6 is 11.3 Å². The molecule has 1 saturated carbocycles. The van der Waals surface area contributed by atoms with Gasteiger partial charge >= 0.3 is 0 Å². The van der Waals surface area contributed by atoms with Crippen LogP contribution in [-0.2, 0) is 18.4 Å². The molecule has 1 aromatic rings. The molecule has 0 saturated heterocycles. The highest BCUT2D eigenvalue weighted by atomic mass is 32.1. The van der Waals surface area contributed by atoms with Gasteiger partial charge in [0.15, 0.2) is 0 Å². The molecule has 2 nitrogen and oxygen atoms in total. The minimum Gasteiger partial charge on any atom is -0.309 e. The molecule has 0 aliphatic heterocycles. The summed E-state index contributed by atoms with van der Waals surface area (Å²) in [5, 5.41) is 4.93. The van der Waals surface area contributed by atoms with Crippen molar-refractivity contribution in [3.05, 3.63) is 15.6 Å². The molecule has 102 valence electrons. The number of hydrogen-bond donors (Lipinski definition) is 1. The summed E-state index contributed by atoms with van der Waals surface area (Å²) in [4.78, 5) is 6.35. The third kappa shape index (κ3) is 3.79. The van der Waals surface area contributed by atoms with Crippen LogP contribution in [0, 0.1) is 5.92 Å². The second kappa shape index (κ2) is 5.30. The molecule has 0 radical (unpaired) electrons. The van der Waals surface area contributed by atoms with Crippen LogP contribution in [0.3, 0.4) is 0 Å². The first-order valence-electron chi connectivity index (χ1n) is 7.08. The zero-order chi connectivity index (χ0) is 13.3. The molecular weight excluding hydrogens is 240 g/mol. The quantitative estimate of drug-likeness (QED) is 0.874. The molecule has 3 heteroatoms. The number of nitrogens with one attached hydrogen (secondary N) is 1. The summed E-state index contributed by atoms with van der Waals surface area (Å²) in [5.74, 6) is 0.688. The van der Waals surface area contributed by atoms with Gasteiger partial charge in [-0.2, -0.15) is 0 Å². The van der Waals surface area contributed by atoms with E-state index in [4.69, 9.17) is 4.98 Å². The Morgan fingerprint density at radius 2 is 2.00 bits per heavy atom. The van der Waals surface area contributed by atoms with Crippen LogP contribution in [0.2, 0.25) is 0 Å². The van der Waals surface area contributed by atoms with Crippen LogP contribution in [-0.4, -0.2) is 11.0 Å². The van der Waals surface area contributed by atoms with Crippen molar-refractivity contribution in [1.82, 2.24) is 10.3 Å². The van der Waals surface area contributed by atoms with E-state index in [0.29, 0.717) is 5.92 Å². The molecule has 0 spiro atoms. The highest BCUT2D eigenvalue weighted by Crippen LogP contribution is 2.31. The minimum absolute atomic E-state index is 0.159. The molecule has 2 rings (SSSR count). The molecule has 1 aromatic heterocycles. The Morgan fingerprint density at radius 1 is 1.33 bits per heavy atom. The van der Waals surface area contributed by atoms with Gasteiger partial charge in [0.1, 0.15) is 0 Å². The van der Waals surface area contributed by atoms with Crippen LogP contribution in [0.4, 0.5) is 0 Å². The van der Waals surface area contributed by atoms with Crippen LogP contribution in [0.5, 0.6) is 0 Å². The van der Waals surface area contributed by atoms with Gasteiger partial charge in [-0.3, -0.25) is 0 Å². The summed E-state index contributed by atoms with van der Waals surface area (Å²) in [6.07, 6.45) is 3.81. The molecule has 1 aliphatic carbocycles. The highest BCUT2D eigenvalue weighted by molar-refractivity contribution is 7.11. The smallest absolute Gasteiger partial charge is 0.0934 e. The predicted molar refractivity (Wildman–Crippen MR) is 79.2 cm³/mol. The topological polar surface area (TPSA) is 24.9 Å². The SMILES string of the molecule is CC(C)Cc1nc(C(C)(C)C)c(CNC2CC2)s1. The largest absolute Gasteiger partial charge is 0.309 e. The van der Waals surface area contributed by atoms with Crippen molar-refractivity contribution < 1.29 is 0 Å². The normalized spacial score (nSPS) is 16.6. The molecule has 0 aromatic carbocycles. The number of hydrogen-bond acceptors (Lipinski definition) is 3. The molecule has 0 unspecified atom stereocenters. The van der Waals surface area contributed by atoms with Crippen molar-refractivity contribution >= 4 is 11.3 Å². The van der Waals surface area contributed by atoms with E-state index in [0.717, 1.165) is 19.0 Å². The van der Waals surface area contributed by atoms with E-state index in [2.05, 4.69) is 39.9 Å². The molecule has 0 atom stereocenters. The number of nitrogens with zero attached hydrogens (tertiary/aromatic N) is 1. The van der Waals surface area contributed by atoms with Crippen molar-refractivity contribution in [2.45, 2.75) is 71.9 Å². The summed E-state index contributed by atoms with van der Waals surface area (Å²) >= 11 is 1.91. The maximum atomic E-state index is 4.90. The standard InChI is InChI=1S/C15H26N2S/c1-10(2)8-13-17-14(15(3,4)5)12(18-13)9-16-11-6-7-11/h10-11,16H,6-9H2,1-5H3. The zero-order valence-corrected chi connectivity index (χ0v) is 13.2. The molecule has 1 aliphatic rings. The van der Waals surface area contributed by atoms with Gasteiger partial charge in [-0.05, 0) is 18.8 Å². The highest BCUT2D eigenvalue weighted by Gasteiger charge is 2.25. The number of rotatable bonds is 5. The Bertz CT molecular complexity index is 397. The Labute approximate surface area is 115 Å². The van der Waals surface area contributed by atoms with Crippen molar-refractivity contribution in [1.29, 1.82) is 0 Å². The lowest BCUT2D eigenvalue weighted by molar-refractivity contribution is 0.553. The summed E-state index contributed by atoms with van der Waals surface area (Å²) in [7, 11) is 0. The lowest BCUT2D eigenvalue weighted by Gasteiger charge is -2.17. The first kappa shape index (κ1) is 14.0. The zero-order valence-electron chi connectivity index (χ0n) is 12.3. The van der Waals surface area contributed by atoms with E-state index >= 15 is 0 Å². The van der Waals surface area contributed by atoms with Gasteiger partial charge in [0.2, 0.25) is 0 Å². The summed E-state index contributed by atoms with van der Waals surface area (Å²) in [6.45, 7) is 12.3. The molecule has 1 N–H and O–H groups in total. The molecule has 1 heterocycles. The third-order valence-electron chi connectivity index (χ3n) is 3.16. The summed E-state index contributed by atoms with van der Waals surface area (Å²) in [5.41, 5.74) is 1.46. The van der Waals surface area contributed by atoms with Gasteiger partial charge in [-0.1, -0.05) is 34.6 Å². The van der Waals surface area contributed by atoms with Gasteiger partial charge in [0, 0.05) is 29.3 Å². The van der Waals surface area contributed by atoms with Gasteiger partial charge < -0.3 is 5.32 Å². The predicted octanol–water partition coefficient (Wildman–Crippen LogP) is 3.89. The van der Waals surface area contributed by atoms with Gasteiger partial charge in [-0.15, -0.1) is 11.3 Å². The van der Waals surface area contributed by atoms with E-state index in [-0.39, 0.29) is 5.41 Å². The molecule has 0 bridgehead atoms. The Kier molecular flexibility index (Phi) is 4.12. The fraction of sp³-hybridized carbons (Fsp3) is 0.800. The lowest BCUT2D eigenvalue weighted by atomic mass is 9.91. The fourth-order valence-corrected chi connectivity index (χ4v) is 3.51. The van der Waals surface area contributed by atoms with Crippen molar-refractivity contribution in [2.24, 2.45) is 5.92 Å². The maximum absolute atomic E-state index is 4.90. The molecular formula is C15H26N2S. The molecule has 0 amide bonds. The molecule has 18 heavy (non-hydrogen) atoms. The van der Waals surface area contributed by atoms with Crippen molar-refractivity contribution in [2.75, 3.05) is 0 Å². The Balaban J connectivity index is 2.14. The fourth-order valence-electron chi connectivity index (χ4n) is 2.07. The van der Waals surface area contributed by atoms with E-state index in [9.17, 15) is 0 Å². The van der Waals surface area contributed by atoms with E-state index in [1.807, 2.05) is 11.3 Å². The second-order valence-electron chi connectivity index (χ2n) is 6.88. The lowest BCUT2D eigenvalue weighted by Crippen LogP contribution is -2.20. The van der Waals surface area contributed by atoms with E-state index in [1.54, 1.807) is 0 Å². The number of aromatic nitrogens is 1. The first-order valence-corrected chi connectivity index (χ1v) is 7.90. The van der Waals surface area contributed by atoms with Crippen LogP contribution in [0.25, 0.3) is 0 Å². The average Bonchev–Trinajstić information content (AvgIpc) is 2.95. The Hall–Kier alpha value is -0.410. The molecule has 1 fully saturated rings. The second-order valence-corrected chi connectivity index (χ2v) is 8.05. The van der Waals surface area contributed by atoms with Crippen molar-refractivity contribution in [3.63, 3.8) is 0 Å². The summed E-state index contributed by atoms with van der Waals surface area (Å²) < 4.78 is 0. The number of thiazole rings is 1. The minimum atomic E-state index is 0.159. The maximum Gasteiger partial charge on any atom is 0.0934 e. The average molecular weight is 266 g/mol.